The molecule has 2 unspecified atom stereocenters. The first-order valence-corrected chi connectivity index (χ1v) is 35.9. The van der Waals surface area contributed by atoms with Crippen molar-refractivity contribution in [2.75, 3.05) is 0 Å². The first kappa shape index (κ1) is 37.8. The van der Waals surface area contributed by atoms with E-state index >= 15 is 0 Å². The summed E-state index contributed by atoms with van der Waals surface area (Å²) in [6.45, 7) is 14.2. The Labute approximate surface area is 312 Å². The zero-order valence-electron chi connectivity index (χ0n) is 31.3. The molecule has 4 heteroatoms. The van der Waals surface area contributed by atoms with Crippen molar-refractivity contribution in [1.82, 2.24) is 0 Å². The zero-order chi connectivity index (χ0) is 35.5. The number of unbranched alkanes of at least 4 members (excludes halogenated alkanes) is 2. The zero-order valence-corrected chi connectivity index (χ0v) is 36.4. The second kappa shape index (κ2) is 16.0. The van der Waals surface area contributed by atoms with E-state index in [9.17, 15) is 0 Å². The standard InChI is InChI=1S/2C22H25.C2H7Si.2ClH.Zr/c2*1-3-5-10-19-13-14-20-15-17(9-4-2)16-21(20)22(19)18-11-7-6-8-12-18;1-3-2;;;/h2*6-8,11-16H,3-5,9-10H2,1-2H3;3H,1-2H3;2*1H;/q;;;;;+2/p-2. The summed E-state index contributed by atoms with van der Waals surface area (Å²) in [7, 11) is 17.7. The molecule has 0 saturated heterocycles. The normalized spacial score (nSPS) is 17.7. The third-order valence-electron chi connectivity index (χ3n) is 11.8. The van der Waals surface area contributed by atoms with Gasteiger partial charge >= 0.3 is 315 Å². The van der Waals surface area contributed by atoms with Crippen LogP contribution in [-0.2, 0) is 28.4 Å². The van der Waals surface area contributed by atoms with Gasteiger partial charge in [0.2, 0.25) is 0 Å². The third-order valence-corrected chi connectivity index (χ3v) is 63.6. The second-order valence-corrected chi connectivity index (χ2v) is 57.8. The van der Waals surface area contributed by atoms with Crippen LogP contribution in [-0.4, -0.2) is 5.92 Å². The molecule has 2 aliphatic rings. The molecule has 0 radical (unpaired) electrons. The van der Waals surface area contributed by atoms with Gasteiger partial charge in [-0.2, -0.15) is 0 Å². The van der Waals surface area contributed by atoms with Crippen LogP contribution in [0.2, 0.25) is 13.1 Å². The first-order chi connectivity index (χ1) is 24.2. The summed E-state index contributed by atoms with van der Waals surface area (Å²) < 4.78 is 0.250. The molecule has 4 aromatic carbocycles. The molecule has 0 heterocycles. The van der Waals surface area contributed by atoms with Gasteiger partial charge in [-0.3, -0.25) is 0 Å². The average Bonchev–Trinajstić information content (AvgIpc) is 3.69. The fourth-order valence-corrected chi connectivity index (χ4v) is 40.8. The van der Waals surface area contributed by atoms with Gasteiger partial charge in [0.25, 0.3) is 0 Å². The second-order valence-electron chi connectivity index (χ2n) is 15.3. The van der Waals surface area contributed by atoms with E-state index in [-0.39, 0.29) is 7.25 Å². The number of aryl methyl sites for hydroxylation is 2. The van der Waals surface area contributed by atoms with E-state index < -0.39 is 21.5 Å². The topological polar surface area (TPSA) is 0 Å². The van der Waals surface area contributed by atoms with E-state index in [2.05, 4.69) is 138 Å². The molecule has 0 amide bonds. The predicted octanol–water partition coefficient (Wildman–Crippen LogP) is 14.9. The van der Waals surface area contributed by atoms with Gasteiger partial charge in [-0.1, -0.05) is 0 Å². The van der Waals surface area contributed by atoms with Gasteiger partial charge in [-0.15, -0.1) is 0 Å². The molecule has 0 bridgehead atoms. The molecule has 0 fully saturated rings. The maximum absolute atomic E-state index is 8.86. The van der Waals surface area contributed by atoms with E-state index in [1.807, 2.05) is 0 Å². The molecule has 2 aliphatic carbocycles. The summed E-state index contributed by atoms with van der Waals surface area (Å²) in [5.41, 5.74) is 17.0. The molecule has 4 aromatic rings. The Morgan fingerprint density at radius 3 is 1.26 bits per heavy atom. The summed E-state index contributed by atoms with van der Waals surface area (Å²) in [6.07, 6.45) is 16.3. The summed E-state index contributed by atoms with van der Waals surface area (Å²) in [4.78, 5) is 0. The summed E-state index contributed by atoms with van der Waals surface area (Å²) >= 11 is -4.88. The van der Waals surface area contributed by atoms with Crippen molar-refractivity contribution in [3.05, 3.63) is 129 Å². The Kier molecular flexibility index (Phi) is 12.1. The number of rotatable bonds is 15. The Morgan fingerprint density at radius 1 is 0.520 bits per heavy atom. The van der Waals surface area contributed by atoms with Gasteiger partial charge in [0, 0.05) is 0 Å². The molecular formula is C46H57Cl2SiZr. The number of benzene rings is 4. The van der Waals surface area contributed by atoms with Crippen LogP contribution in [0, 0.1) is 0 Å². The van der Waals surface area contributed by atoms with Crippen molar-refractivity contribution < 1.29 is 15.6 Å². The van der Waals surface area contributed by atoms with Crippen LogP contribution in [0.3, 0.4) is 0 Å². The SMILES string of the molecule is CCCCc1ccc2c(c1-c1ccccc1)C=C(CCC)[CH]2[Zr]([Cl])([Cl])([CH]1C(CCC)=Cc2c1ccc(CCCC)c2-c1ccccc1)[SiH](C)C. The Balaban J connectivity index is 1.62. The molecule has 0 N–H and O–H groups in total. The van der Waals surface area contributed by atoms with E-state index in [1.165, 1.54) is 92.5 Å². The number of hydrogen-bond acceptors (Lipinski definition) is 0. The average molecular weight is 800 g/mol. The van der Waals surface area contributed by atoms with Crippen molar-refractivity contribution >= 4 is 35.1 Å². The van der Waals surface area contributed by atoms with Gasteiger partial charge < -0.3 is 0 Å². The molecule has 6 rings (SSSR count). The van der Waals surface area contributed by atoms with Gasteiger partial charge in [0.05, 0.1) is 0 Å². The number of fused-ring (bicyclic) bond motifs is 2. The van der Waals surface area contributed by atoms with Crippen molar-refractivity contribution in [2.24, 2.45) is 0 Å². The molecule has 0 aromatic heterocycles. The molecule has 0 nitrogen and oxygen atoms in total. The van der Waals surface area contributed by atoms with Crippen molar-refractivity contribution in [2.45, 2.75) is 112 Å². The fraction of sp³-hybridized carbons (Fsp3) is 0.391. The minimum absolute atomic E-state index is 0.125. The van der Waals surface area contributed by atoms with Gasteiger partial charge in [0.15, 0.2) is 0 Å². The third kappa shape index (κ3) is 6.70. The molecule has 0 spiro atoms. The van der Waals surface area contributed by atoms with Crippen LogP contribution in [0.25, 0.3) is 34.4 Å². The van der Waals surface area contributed by atoms with Gasteiger partial charge in [-0.25, -0.2) is 0 Å². The first-order valence-electron chi connectivity index (χ1n) is 19.6. The van der Waals surface area contributed by atoms with Crippen LogP contribution in [0.5, 0.6) is 0 Å². The van der Waals surface area contributed by atoms with Crippen LogP contribution in [0.15, 0.2) is 96.1 Å². The molecule has 50 heavy (non-hydrogen) atoms. The number of hydrogen-bond donors (Lipinski definition) is 0. The van der Waals surface area contributed by atoms with Crippen molar-refractivity contribution in [3.63, 3.8) is 0 Å². The summed E-state index contributed by atoms with van der Waals surface area (Å²) in [6, 6.07) is 32.0. The molecular weight excluding hydrogens is 743 g/mol. The number of allylic oxidation sites excluding steroid dienone is 2. The Hall–Kier alpha value is -1.96. The summed E-state index contributed by atoms with van der Waals surface area (Å²) in [5, 5.41) is 0. The van der Waals surface area contributed by atoms with Crippen LogP contribution < -0.4 is 0 Å². The fourth-order valence-electron chi connectivity index (χ4n) is 9.30. The van der Waals surface area contributed by atoms with Crippen molar-refractivity contribution in [3.8, 4) is 22.3 Å². The molecule has 0 aliphatic heterocycles. The predicted molar refractivity (Wildman–Crippen MR) is 223 cm³/mol. The minimum atomic E-state index is -4.88. The molecule has 2 atom stereocenters. The summed E-state index contributed by atoms with van der Waals surface area (Å²) in [5.74, 6) is -1.65. The maximum atomic E-state index is 8.86. The molecule has 263 valence electrons. The van der Waals surface area contributed by atoms with E-state index in [0.717, 1.165) is 38.5 Å². The van der Waals surface area contributed by atoms with Crippen LogP contribution in [0.4, 0.5) is 0 Å². The van der Waals surface area contributed by atoms with E-state index in [4.69, 9.17) is 17.0 Å². The monoisotopic (exact) mass is 797 g/mol. The molecule has 0 saturated carbocycles. The van der Waals surface area contributed by atoms with Crippen LogP contribution >= 0.6 is 17.0 Å². The van der Waals surface area contributed by atoms with Gasteiger partial charge in [-0.05, 0) is 0 Å². The van der Waals surface area contributed by atoms with Gasteiger partial charge in [0.1, 0.15) is 0 Å². The Bertz CT molecular complexity index is 1740. The van der Waals surface area contributed by atoms with E-state index in [0.29, 0.717) is 0 Å². The Morgan fingerprint density at radius 2 is 0.920 bits per heavy atom. The quantitative estimate of drug-likeness (QED) is 0.105. The van der Waals surface area contributed by atoms with Crippen LogP contribution in [0.1, 0.15) is 120 Å². The number of halogens is 2. The van der Waals surface area contributed by atoms with E-state index in [1.54, 1.807) is 0 Å². The van der Waals surface area contributed by atoms with Crippen molar-refractivity contribution in [1.29, 1.82) is 0 Å².